The molecule has 0 saturated carbocycles. The van der Waals surface area contributed by atoms with Crippen molar-refractivity contribution in [1.29, 1.82) is 0 Å². The first-order valence-electron chi connectivity index (χ1n) is 11.5. The third-order valence-electron chi connectivity index (χ3n) is 5.99. The summed E-state index contributed by atoms with van der Waals surface area (Å²) in [5.74, 6) is -0.132. The van der Waals surface area contributed by atoms with Gasteiger partial charge in [-0.05, 0) is 54.1 Å². The first kappa shape index (κ1) is 22.6. The Morgan fingerprint density at radius 3 is 1.89 bits per heavy atom. The van der Waals surface area contributed by atoms with Gasteiger partial charge < -0.3 is 4.90 Å². The van der Waals surface area contributed by atoms with Crippen LogP contribution < -0.4 is 4.90 Å². The number of para-hydroxylation sites is 3. The number of ketones is 1. The van der Waals surface area contributed by atoms with Gasteiger partial charge in [0.05, 0.1) is 5.92 Å². The molecular formula is C30H24ClN3O. The van der Waals surface area contributed by atoms with Gasteiger partial charge in [-0.1, -0.05) is 78.3 Å². The molecule has 0 spiro atoms. The number of hydrogen-bond acceptors (Lipinski definition) is 3. The highest BCUT2D eigenvalue weighted by Gasteiger charge is 2.29. The molecule has 0 radical (unpaired) electrons. The first-order chi connectivity index (χ1) is 17.2. The summed E-state index contributed by atoms with van der Waals surface area (Å²) in [5, 5.41) is 0.633. The number of anilines is 2. The number of aromatic nitrogens is 2. The zero-order chi connectivity index (χ0) is 24.0. The van der Waals surface area contributed by atoms with Crippen LogP contribution >= 0.6 is 11.6 Å². The Morgan fingerprint density at radius 1 is 0.771 bits per heavy atom. The molecule has 4 nitrogen and oxygen atoms in total. The van der Waals surface area contributed by atoms with E-state index in [1.807, 2.05) is 102 Å². The second-order valence-electron chi connectivity index (χ2n) is 8.21. The molecule has 1 heterocycles. The highest BCUT2D eigenvalue weighted by Crippen LogP contribution is 2.31. The summed E-state index contributed by atoms with van der Waals surface area (Å²) >= 11 is 6.19. The zero-order valence-corrected chi connectivity index (χ0v) is 19.8. The van der Waals surface area contributed by atoms with Gasteiger partial charge in [-0.2, -0.15) is 0 Å². The van der Waals surface area contributed by atoms with Crippen molar-refractivity contribution in [3.05, 3.63) is 144 Å². The van der Waals surface area contributed by atoms with Gasteiger partial charge in [0.25, 0.3) is 0 Å². The van der Waals surface area contributed by atoms with E-state index in [1.54, 1.807) is 6.20 Å². The molecule has 5 rings (SSSR count). The number of carbonyl (C=O) groups is 1. The Labute approximate surface area is 210 Å². The molecule has 1 atom stereocenters. The number of nitrogens with zero attached hydrogens (tertiary/aromatic N) is 3. The van der Waals surface area contributed by atoms with Gasteiger partial charge in [0, 0.05) is 41.0 Å². The minimum atomic E-state index is -0.474. The Kier molecular flexibility index (Phi) is 6.73. The summed E-state index contributed by atoms with van der Waals surface area (Å²) in [4.78, 5) is 20.8. The SMILES string of the molecule is O=C(c1nccn1-c1ccccc1)[C@@H](CN(c1ccccc1)c1ccccc1)c1ccc(Cl)cc1. The predicted octanol–water partition coefficient (Wildman–Crippen LogP) is 7.33. The molecule has 0 aliphatic rings. The minimum Gasteiger partial charge on any atom is -0.340 e. The third kappa shape index (κ3) is 5.03. The summed E-state index contributed by atoms with van der Waals surface area (Å²) in [6.07, 6.45) is 3.50. The molecule has 4 aromatic carbocycles. The Bertz CT molecular complexity index is 1340. The summed E-state index contributed by atoms with van der Waals surface area (Å²) in [5.41, 5.74) is 3.80. The average molecular weight is 478 g/mol. The van der Waals surface area contributed by atoms with Gasteiger partial charge in [0.1, 0.15) is 0 Å². The van der Waals surface area contributed by atoms with Crippen LogP contribution in [0, 0.1) is 0 Å². The standard InChI is InChI=1S/C30H24ClN3O/c31-24-18-16-23(17-19-24)28(29(35)30-32-20-21-33(30)25-10-4-1-5-11-25)22-34(26-12-6-2-7-13-26)27-14-8-3-9-15-27/h1-21,28H,22H2/t28-/m0/s1. The first-order valence-corrected chi connectivity index (χ1v) is 11.8. The predicted molar refractivity (Wildman–Crippen MR) is 142 cm³/mol. The maximum Gasteiger partial charge on any atom is 0.207 e. The summed E-state index contributed by atoms with van der Waals surface area (Å²) in [6, 6.07) is 37.5. The van der Waals surface area contributed by atoms with Crippen molar-refractivity contribution in [2.75, 3.05) is 11.4 Å². The van der Waals surface area contributed by atoms with E-state index >= 15 is 0 Å². The minimum absolute atomic E-state index is 0.0574. The van der Waals surface area contributed by atoms with Gasteiger partial charge >= 0.3 is 0 Å². The van der Waals surface area contributed by atoms with E-state index in [0.717, 1.165) is 22.6 Å². The van der Waals surface area contributed by atoms with Crippen LogP contribution in [0.5, 0.6) is 0 Å². The largest absolute Gasteiger partial charge is 0.340 e. The van der Waals surface area contributed by atoms with Crippen molar-refractivity contribution in [2.24, 2.45) is 0 Å². The Balaban J connectivity index is 1.59. The smallest absolute Gasteiger partial charge is 0.207 e. The maximum absolute atomic E-state index is 14.1. The van der Waals surface area contributed by atoms with Crippen LogP contribution in [-0.4, -0.2) is 21.9 Å². The van der Waals surface area contributed by atoms with E-state index in [2.05, 4.69) is 34.1 Å². The molecule has 35 heavy (non-hydrogen) atoms. The van der Waals surface area contributed by atoms with Crippen molar-refractivity contribution in [2.45, 2.75) is 5.92 Å². The lowest BCUT2D eigenvalue weighted by atomic mass is 9.92. The fourth-order valence-electron chi connectivity index (χ4n) is 4.23. The fourth-order valence-corrected chi connectivity index (χ4v) is 4.36. The molecule has 0 fully saturated rings. The van der Waals surface area contributed by atoms with Gasteiger partial charge in [0.15, 0.2) is 5.82 Å². The summed E-state index contributed by atoms with van der Waals surface area (Å²) in [7, 11) is 0. The van der Waals surface area contributed by atoms with Crippen molar-refractivity contribution in [3.63, 3.8) is 0 Å². The van der Waals surface area contributed by atoms with E-state index in [9.17, 15) is 4.79 Å². The lowest BCUT2D eigenvalue weighted by Gasteiger charge is -2.29. The van der Waals surface area contributed by atoms with Crippen LogP contribution in [0.1, 0.15) is 22.1 Å². The van der Waals surface area contributed by atoms with Crippen molar-refractivity contribution >= 4 is 28.8 Å². The van der Waals surface area contributed by atoms with Gasteiger partial charge in [-0.25, -0.2) is 4.98 Å². The average Bonchev–Trinajstić information content (AvgIpc) is 3.41. The molecule has 0 unspecified atom stereocenters. The second kappa shape index (κ2) is 10.4. The van der Waals surface area contributed by atoms with Crippen molar-refractivity contribution in [3.8, 4) is 5.69 Å². The van der Waals surface area contributed by atoms with E-state index < -0.39 is 5.92 Å². The van der Waals surface area contributed by atoms with E-state index in [4.69, 9.17) is 11.6 Å². The number of halogens is 1. The molecule has 0 aliphatic carbocycles. The molecule has 1 aromatic heterocycles. The second-order valence-corrected chi connectivity index (χ2v) is 8.64. The number of carbonyl (C=O) groups excluding carboxylic acids is 1. The highest BCUT2D eigenvalue weighted by atomic mass is 35.5. The topological polar surface area (TPSA) is 38.1 Å². The molecule has 5 aromatic rings. The maximum atomic E-state index is 14.1. The van der Waals surface area contributed by atoms with Gasteiger partial charge in [-0.15, -0.1) is 0 Å². The lowest BCUT2D eigenvalue weighted by molar-refractivity contribution is 0.0950. The fraction of sp³-hybridized carbons (Fsp3) is 0.0667. The molecule has 0 aliphatic heterocycles. The number of benzene rings is 4. The van der Waals surface area contributed by atoms with E-state index in [0.29, 0.717) is 17.4 Å². The van der Waals surface area contributed by atoms with Crippen LogP contribution in [0.4, 0.5) is 11.4 Å². The van der Waals surface area contributed by atoms with Crippen molar-refractivity contribution in [1.82, 2.24) is 9.55 Å². The van der Waals surface area contributed by atoms with Crippen molar-refractivity contribution < 1.29 is 4.79 Å². The van der Waals surface area contributed by atoms with E-state index in [1.165, 1.54) is 0 Å². The van der Waals surface area contributed by atoms with Crippen LogP contribution in [0.3, 0.4) is 0 Å². The monoisotopic (exact) mass is 477 g/mol. The number of hydrogen-bond donors (Lipinski definition) is 0. The number of Topliss-reactive ketones (excluding diaryl/α,β-unsaturated/α-hetero) is 1. The molecule has 0 amide bonds. The zero-order valence-electron chi connectivity index (χ0n) is 19.0. The quantitative estimate of drug-likeness (QED) is 0.219. The molecule has 0 saturated heterocycles. The number of imidazole rings is 1. The summed E-state index contributed by atoms with van der Waals surface area (Å²) in [6.45, 7) is 0.441. The molecule has 0 bridgehead atoms. The summed E-state index contributed by atoms with van der Waals surface area (Å²) < 4.78 is 1.85. The molecule has 0 N–H and O–H groups in total. The molecule has 172 valence electrons. The molecule has 5 heteroatoms. The normalized spacial score (nSPS) is 11.7. The van der Waals surface area contributed by atoms with Crippen LogP contribution in [0.2, 0.25) is 5.02 Å². The molecular weight excluding hydrogens is 454 g/mol. The van der Waals surface area contributed by atoms with Gasteiger partial charge in [0.2, 0.25) is 5.78 Å². The third-order valence-corrected chi connectivity index (χ3v) is 6.24. The van der Waals surface area contributed by atoms with Crippen LogP contribution in [-0.2, 0) is 0 Å². The van der Waals surface area contributed by atoms with Gasteiger partial charge in [-0.3, -0.25) is 9.36 Å². The Morgan fingerprint density at radius 2 is 1.31 bits per heavy atom. The highest BCUT2D eigenvalue weighted by molar-refractivity contribution is 6.30. The number of rotatable bonds is 8. The Hall–Kier alpha value is -4.15. The van der Waals surface area contributed by atoms with E-state index in [-0.39, 0.29) is 5.78 Å². The lowest BCUT2D eigenvalue weighted by Crippen LogP contribution is -2.30. The van der Waals surface area contributed by atoms with Crippen LogP contribution in [0.15, 0.2) is 128 Å². The van der Waals surface area contributed by atoms with Crippen LogP contribution in [0.25, 0.3) is 5.69 Å².